The molecule has 0 unspecified atom stereocenters. The molecule has 14 nitrogen and oxygen atoms in total. The average Bonchev–Trinajstić information content (AvgIpc) is 3.53. The normalized spacial score (nSPS) is 22.2. The lowest BCUT2D eigenvalue weighted by atomic mass is 9.92. The molecular formula is C32H55N7O7. The van der Waals surface area contributed by atoms with E-state index in [0.29, 0.717) is 17.6 Å². The zero-order valence-electron chi connectivity index (χ0n) is 27.4. The van der Waals surface area contributed by atoms with Crippen molar-refractivity contribution in [2.24, 2.45) is 5.92 Å². The molecule has 0 spiro atoms. The molecule has 260 valence electrons. The highest BCUT2D eigenvalue weighted by atomic mass is 16.5. The first-order chi connectivity index (χ1) is 22.2. The molecule has 8 N–H and O–H groups in total. The number of fused-ring (bicyclic) bond motifs is 1. The van der Waals surface area contributed by atoms with Crippen molar-refractivity contribution in [2.45, 2.75) is 140 Å². The molecule has 3 heterocycles. The van der Waals surface area contributed by atoms with Gasteiger partial charge in [0.1, 0.15) is 36.3 Å². The quantitative estimate of drug-likeness (QED) is 0.0866. The van der Waals surface area contributed by atoms with Gasteiger partial charge in [0.2, 0.25) is 11.8 Å². The van der Waals surface area contributed by atoms with Crippen LogP contribution in [0.3, 0.4) is 0 Å². The number of aliphatic hydroxyl groups is 4. The topological polar surface area (TPSA) is 215 Å². The van der Waals surface area contributed by atoms with Gasteiger partial charge in [-0.3, -0.25) is 9.59 Å². The number of amides is 2. The number of carbonyl (C=O) groups is 2. The van der Waals surface area contributed by atoms with Gasteiger partial charge in [-0.05, 0) is 12.3 Å². The summed E-state index contributed by atoms with van der Waals surface area (Å²) in [4.78, 5) is 40.0. The minimum absolute atomic E-state index is 0.231. The van der Waals surface area contributed by atoms with Crippen molar-refractivity contribution in [2.75, 3.05) is 18.5 Å². The maximum atomic E-state index is 12.7. The molecule has 2 aromatic rings. The predicted molar refractivity (Wildman–Crippen MR) is 173 cm³/mol. The van der Waals surface area contributed by atoms with Crippen molar-refractivity contribution in [3.8, 4) is 0 Å². The van der Waals surface area contributed by atoms with Crippen molar-refractivity contribution in [3.63, 3.8) is 0 Å². The van der Waals surface area contributed by atoms with Crippen LogP contribution in [0.25, 0.3) is 11.2 Å². The Morgan fingerprint density at radius 3 is 2.15 bits per heavy atom. The van der Waals surface area contributed by atoms with Crippen LogP contribution in [0.5, 0.6) is 0 Å². The lowest BCUT2D eigenvalue weighted by molar-refractivity contribution is -0.204. The summed E-state index contributed by atoms with van der Waals surface area (Å²) >= 11 is 0. The van der Waals surface area contributed by atoms with Gasteiger partial charge in [0.15, 0.2) is 17.7 Å². The van der Waals surface area contributed by atoms with E-state index in [0.717, 1.165) is 25.2 Å². The summed E-state index contributed by atoms with van der Waals surface area (Å²) in [7, 11) is 0. The second-order valence-electron chi connectivity index (χ2n) is 12.8. The molecule has 1 aliphatic heterocycles. The number of unbranched alkanes of at least 4 members (excludes halogenated alkanes) is 11. The Labute approximate surface area is 271 Å². The predicted octanol–water partition coefficient (Wildman–Crippen LogP) is 2.28. The standard InChI is InChI=1S/C32H55N7O7/c1-21(2)15-13-11-9-7-5-3-4-6-8-10-12-14-16-23(42)33-17-24(43)38-25-27(44)28(45)32(46-29(25)22(41)18-40)39-31-26-30(35-19-34-26)36-20-37-31/h19-22,25,27-29,32,40-41,44-45H,3-18H2,1-2H3,(H,33,42)(H,38,43)(H2,34,35,36,37,39)/t22-,25+,27+,28+,29-,32-/m0/s1. The number of hydrogen-bond donors (Lipinski definition) is 8. The second-order valence-corrected chi connectivity index (χ2v) is 12.8. The van der Waals surface area contributed by atoms with Crippen LogP contribution in [-0.2, 0) is 14.3 Å². The minimum Gasteiger partial charge on any atom is -0.394 e. The van der Waals surface area contributed by atoms with E-state index in [1.165, 1.54) is 76.9 Å². The van der Waals surface area contributed by atoms with Crippen LogP contribution in [0.2, 0.25) is 0 Å². The van der Waals surface area contributed by atoms with Crippen molar-refractivity contribution < 1.29 is 34.8 Å². The SMILES string of the molecule is CC(C)CCCCCCCCCCCCCCC(=O)NCC(=O)N[C@@H]1[C@@H](O)[C@@H](O)[C@@H](Nc2ncnc3nc[nH]c23)O[C@H]1[C@@H](O)CO. The number of nitrogens with zero attached hydrogens (tertiary/aromatic N) is 3. The number of imidazole rings is 1. The third-order valence-corrected chi connectivity index (χ3v) is 8.46. The van der Waals surface area contributed by atoms with E-state index in [1.807, 2.05) is 0 Å². The van der Waals surface area contributed by atoms with E-state index in [9.17, 15) is 30.0 Å². The Balaban J connectivity index is 1.31. The van der Waals surface area contributed by atoms with E-state index in [4.69, 9.17) is 4.74 Å². The number of nitrogens with one attached hydrogen (secondary N) is 4. The number of anilines is 1. The Hall–Kier alpha value is -2.91. The highest BCUT2D eigenvalue weighted by molar-refractivity contribution is 5.85. The van der Waals surface area contributed by atoms with Crippen LogP contribution in [0.1, 0.15) is 104 Å². The summed E-state index contributed by atoms with van der Waals surface area (Å²) < 4.78 is 5.80. The molecule has 2 aromatic heterocycles. The van der Waals surface area contributed by atoms with Crippen LogP contribution in [0.15, 0.2) is 12.7 Å². The van der Waals surface area contributed by atoms with E-state index >= 15 is 0 Å². The maximum Gasteiger partial charge on any atom is 0.239 e. The second kappa shape index (κ2) is 20.4. The Bertz CT molecular complexity index is 1170. The molecule has 0 aromatic carbocycles. The summed E-state index contributed by atoms with van der Waals surface area (Å²) in [5, 5.41) is 49.6. The van der Waals surface area contributed by atoms with Gasteiger partial charge in [-0.25, -0.2) is 15.0 Å². The van der Waals surface area contributed by atoms with Crippen molar-refractivity contribution in [3.05, 3.63) is 12.7 Å². The fourth-order valence-corrected chi connectivity index (χ4v) is 5.76. The molecule has 1 fully saturated rings. The maximum absolute atomic E-state index is 12.7. The number of ether oxygens (including phenoxy) is 1. The van der Waals surface area contributed by atoms with Gasteiger partial charge in [0.25, 0.3) is 0 Å². The minimum atomic E-state index is -1.59. The highest BCUT2D eigenvalue weighted by Crippen LogP contribution is 2.26. The zero-order chi connectivity index (χ0) is 33.3. The van der Waals surface area contributed by atoms with Crippen LogP contribution >= 0.6 is 0 Å². The summed E-state index contributed by atoms with van der Waals surface area (Å²) in [5.41, 5.74) is 0.795. The van der Waals surface area contributed by atoms with Gasteiger partial charge in [-0.1, -0.05) is 90.9 Å². The molecule has 1 aliphatic rings. The lowest BCUT2D eigenvalue weighted by Crippen LogP contribution is -2.68. The van der Waals surface area contributed by atoms with Crippen molar-refractivity contribution in [1.82, 2.24) is 30.6 Å². The lowest BCUT2D eigenvalue weighted by Gasteiger charge is -2.44. The number of H-pyrrole nitrogens is 1. The van der Waals surface area contributed by atoms with Gasteiger partial charge < -0.3 is 46.1 Å². The number of hydrogen-bond acceptors (Lipinski definition) is 11. The first kappa shape index (κ1) is 37.5. The Morgan fingerprint density at radius 1 is 0.891 bits per heavy atom. The molecule has 14 heteroatoms. The summed E-state index contributed by atoms with van der Waals surface area (Å²) in [6, 6.07) is -1.27. The molecular weight excluding hydrogens is 594 g/mol. The van der Waals surface area contributed by atoms with Crippen LogP contribution in [0, 0.1) is 5.92 Å². The van der Waals surface area contributed by atoms with Gasteiger partial charge in [-0.15, -0.1) is 0 Å². The van der Waals surface area contributed by atoms with E-state index in [2.05, 4.69) is 49.7 Å². The molecule has 1 saturated heterocycles. The smallest absolute Gasteiger partial charge is 0.239 e. The molecule has 46 heavy (non-hydrogen) atoms. The average molecular weight is 650 g/mol. The Kier molecular flexibility index (Phi) is 16.6. The fraction of sp³-hybridized carbons (Fsp3) is 0.781. The van der Waals surface area contributed by atoms with Crippen molar-refractivity contribution >= 4 is 28.8 Å². The summed E-state index contributed by atoms with van der Waals surface area (Å²) in [6.45, 7) is 3.50. The van der Waals surface area contributed by atoms with E-state index < -0.39 is 49.2 Å². The summed E-state index contributed by atoms with van der Waals surface area (Å²) in [6.07, 6.45) is 11.6. The molecule has 0 radical (unpaired) electrons. The third kappa shape index (κ3) is 12.4. The van der Waals surface area contributed by atoms with Gasteiger partial charge in [0, 0.05) is 6.42 Å². The van der Waals surface area contributed by atoms with Gasteiger partial charge in [-0.2, -0.15) is 0 Å². The molecule has 0 saturated carbocycles. The van der Waals surface area contributed by atoms with Crippen LogP contribution < -0.4 is 16.0 Å². The summed E-state index contributed by atoms with van der Waals surface area (Å²) in [5.74, 6) is 0.148. The Morgan fingerprint density at radius 2 is 1.52 bits per heavy atom. The number of carbonyl (C=O) groups excluding carboxylic acids is 2. The number of aromatic amines is 1. The zero-order valence-corrected chi connectivity index (χ0v) is 27.4. The van der Waals surface area contributed by atoms with E-state index in [1.54, 1.807) is 0 Å². The number of aromatic nitrogens is 4. The number of aliphatic hydroxyl groups excluding tert-OH is 4. The molecule has 0 aliphatic carbocycles. The molecule has 0 bridgehead atoms. The van der Waals surface area contributed by atoms with Crippen LogP contribution in [0.4, 0.5) is 5.82 Å². The first-order valence-corrected chi connectivity index (χ1v) is 17.0. The van der Waals surface area contributed by atoms with E-state index in [-0.39, 0.29) is 18.3 Å². The first-order valence-electron chi connectivity index (χ1n) is 17.0. The van der Waals surface area contributed by atoms with Crippen LogP contribution in [-0.4, -0.2) is 102 Å². The number of rotatable bonds is 22. The largest absolute Gasteiger partial charge is 0.394 e. The fourth-order valence-electron chi connectivity index (χ4n) is 5.76. The molecule has 6 atom stereocenters. The molecule has 3 rings (SSSR count). The third-order valence-electron chi connectivity index (χ3n) is 8.46. The molecule has 2 amide bonds. The van der Waals surface area contributed by atoms with Crippen molar-refractivity contribution in [1.29, 1.82) is 0 Å². The monoisotopic (exact) mass is 649 g/mol. The van der Waals surface area contributed by atoms with Gasteiger partial charge >= 0.3 is 0 Å². The highest BCUT2D eigenvalue weighted by Gasteiger charge is 2.48. The van der Waals surface area contributed by atoms with Gasteiger partial charge in [0.05, 0.1) is 25.5 Å².